The third-order valence-electron chi connectivity index (χ3n) is 3.48. The molecule has 2 rings (SSSR count). The highest BCUT2D eigenvalue weighted by Crippen LogP contribution is 2.25. The Hall–Kier alpha value is -0.680. The van der Waals surface area contributed by atoms with Crippen LogP contribution in [0.15, 0.2) is 0 Å². The van der Waals surface area contributed by atoms with Crippen LogP contribution >= 0.6 is 0 Å². The molecule has 0 aromatic heterocycles. The van der Waals surface area contributed by atoms with Gasteiger partial charge in [0, 0.05) is 24.4 Å². The third-order valence-corrected chi connectivity index (χ3v) is 3.48. The molecule has 0 aromatic carbocycles. The highest BCUT2D eigenvalue weighted by atomic mass is 16.6. The number of nitrogens with zero attached hydrogens (tertiary/aromatic N) is 2. The van der Waals surface area contributed by atoms with Crippen molar-refractivity contribution >= 4 is 0 Å². The molecule has 1 aliphatic carbocycles. The van der Waals surface area contributed by atoms with E-state index in [4.69, 9.17) is 4.74 Å². The van der Waals surface area contributed by atoms with Gasteiger partial charge in [0.2, 0.25) is 6.04 Å². The van der Waals surface area contributed by atoms with Crippen LogP contribution in [-0.2, 0) is 4.74 Å². The normalized spacial score (nSPS) is 33.9. The van der Waals surface area contributed by atoms with E-state index in [0.717, 1.165) is 52.0 Å². The summed E-state index contributed by atoms with van der Waals surface area (Å²) >= 11 is 0. The standard InChI is InChI=1S/C10H18N2O3/c13-12(14)10-4-2-1-3-9(10)11-5-7-15-8-6-11/h9-10H,1-8H2. The van der Waals surface area contributed by atoms with Crippen LogP contribution in [0, 0.1) is 10.1 Å². The van der Waals surface area contributed by atoms with Crippen molar-refractivity contribution in [2.45, 2.75) is 37.8 Å². The van der Waals surface area contributed by atoms with Crippen molar-refractivity contribution in [2.75, 3.05) is 26.3 Å². The molecule has 0 radical (unpaired) electrons. The minimum Gasteiger partial charge on any atom is -0.379 e. The molecule has 2 unspecified atom stereocenters. The third kappa shape index (κ3) is 2.46. The Balaban J connectivity index is 1.99. The fraction of sp³-hybridized carbons (Fsp3) is 1.00. The van der Waals surface area contributed by atoms with Crippen molar-refractivity contribution in [1.29, 1.82) is 0 Å². The first-order valence-corrected chi connectivity index (χ1v) is 5.74. The second-order valence-electron chi connectivity index (χ2n) is 4.35. The van der Waals surface area contributed by atoms with Gasteiger partial charge in [0.1, 0.15) is 0 Å². The minimum atomic E-state index is -0.350. The zero-order chi connectivity index (χ0) is 10.7. The van der Waals surface area contributed by atoms with Gasteiger partial charge in [-0.2, -0.15) is 0 Å². The molecule has 0 amide bonds. The Kier molecular flexibility index (Phi) is 3.53. The predicted octanol–water partition coefficient (Wildman–Crippen LogP) is 0.906. The van der Waals surface area contributed by atoms with E-state index >= 15 is 0 Å². The Labute approximate surface area is 89.5 Å². The van der Waals surface area contributed by atoms with Crippen molar-refractivity contribution in [2.24, 2.45) is 0 Å². The van der Waals surface area contributed by atoms with E-state index in [1.54, 1.807) is 0 Å². The Morgan fingerprint density at radius 2 is 1.87 bits per heavy atom. The van der Waals surface area contributed by atoms with Gasteiger partial charge in [-0.1, -0.05) is 6.42 Å². The Bertz CT molecular complexity index is 229. The average Bonchev–Trinajstić information content (AvgIpc) is 2.30. The number of hydrogen-bond acceptors (Lipinski definition) is 4. The first-order valence-electron chi connectivity index (χ1n) is 5.74. The zero-order valence-corrected chi connectivity index (χ0v) is 8.93. The number of ether oxygens (including phenoxy) is 1. The molecule has 1 heterocycles. The van der Waals surface area contributed by atoms with Crippen molar-refractivity contribution < 1.29 is 9.66 Å². The Morgan fingerprint density at radius 3 is 2.53 bits per heavy atom. The zero-order valence-electron chi connectivity index (χ0n) is 8.93. The lowest BCUT2D eigenvalue weighted by Crippen LogP contribution is -2.52. The smallest absolute Gasteiger partial charge is 0.228 e. The van der Waals surface area contributed by atoms with Gasteiger partial charge in [-0.25, -0.2) is 0 Å². The molecule has 2 fully saturated rings. The lowest BCUT2D eigenvalue weighted by atomic mass is 9.89. The lowest BCUT2D eigenvalue weighted by molar-refractivity contribution is -0.534. The quantitative estimate of drug-likeness (QED) is 0.506. The molecule has 1 saturated carbocycles. The van der Waals surface area contributed by atoms with Gasteiger partial charge in [0.25, 0.3) is 0 Å². The lowest BCUT2D eigenvalue weighted by Gasteiger charge is -2.37. The fourth-order valence-electron chi connectivity index (χ4n) is 2.67. The number of morpholine rings is 1. The van der Waals surface area contributed by atoms with Gasteiger partial charge in [-0.05, 0) is 12.8 Å². The first kappa shape index (κ1) is 10.8. The minimum absolute atomic E-state index is 0.0840. The summed E-state index contributed by atoms with van der Waals surface area (Å²) < 4.78 is 5.27. The van der Waals surface area contributed by atoms with Crippen molar-refractivity contribution in [3.05, 3.63) is 10.1 Å². The summed E-state index contributed by atoms with van der Waals surface area (Å²) in [5, 5.41) is 11.0. The highest BCUT2D eigenvalue weighted by molar-refractivity contribution is 4.84. The SMILES string of the molecule is O=[N+]([O-])C1CCCCC1N1CCOCC1. The molecule has 2 atom stereocenters. The largest absolute Gasteiger partial charge is 0.379 e. The van der Waals surface area contributed by atoms with Gasteiger partial charge in [-0.3, -0.25) is 15.0 Å². The second kappa shape index (κ2) is 4.90. The molecule has 2 aliphatic rings. The van der Waals surface area contributed by atoms with Crippen LogP contribution in [0.25, 0.3) is 0 Å². The molecule has 15 heavy (non-hydrogen) atoms. The molecule has 0 spiro atoms. The van der Waals surface area contributed by atoms with E-state index in [0.29, 0.717) is 0 Å². The van der Waals surface area contributed by atoms with Crippen LogP contribution in [-0.4, -0.2) is 48.2 Å². The van der Waals surface area contributed by atoms with Gasteiger partial charge in [-0.15, -0.1) is 0 Å². The van der Waals surface area contributed by atoms with Crippen molar-refractivity contribution in [1.82, 2.24) is 4.90 Å². The van der Waals surface area contributed by atoms with E-state index < -0.39 is 0 Å². The van der Waals surface area contributed by atoms with E-state index in [1.807, 2.05) is 0 Å². The van der Waals surface area contributed by atoms with Gasteiger partial charge in [0.05, 0.1) is 19.3 Å². The molecule has 5 heteroatoms. The summed E-state index contributed by atoms with van der Waals surface area (Å²) in [5.41, 5.74) is 0. The molecule has 0 bridgehead atoms. The van der Waals surface area contributed by atoms with Crippen LogP contribution in [0.2, 0.25) is 0 Å². The van der Waals surface area contributed by atoms with E-state index in [-0.39, 0.29) is 17.0 Å². The summed E-state index contributed by atoms with van der Waals surface area (Å²) in [5.74, 6) is 0. The van der Waals surface area contributed by atoms with Gasteiger partial charge in [0.15, 0.2) is 0 Å². The van der Waals surface area contributed by atoms with Crippen LogP contribution in [0.5, 0.6) is 0 Å². The van der Waals surface area contributed by atoms with E-state index in [1.165, 1.54) is 0 Å². The average molecular weight is 214 g/mol. The van der Waals surface area contributed by atoms with Crippen LogP contribution in [0.4, 0.5) is 0 Å². The molecular weight excluding hydrogens is 196 g/mol. The molecule has 0 aromatic rings. The fourth-order valence-corrected chi connectivity index (χ4v) is 2.67. The molecule has 5 nitrogen and oxygen atoms in total. The predicted molar refractivity (Wildman–Crippen MR) is 55.4 cm³/mol. The van der Waals surface area contributed by atoms with Crippen LogP contribution < -0.4 is 0 Å². The Morgan fingerprint density at radius 1 is 1.20 bits per heavy atom. The number of nitro groups is 1. The van der Waals surface area contributed by atoms with E-state index in [2.05, 4.69) is 4.90 Å². The summed E-state index contributed by atoms with van der Waals surface area (Å²) in [6, 6.07) is -0.200. The summed E-state index contributed by atoms with van der Waals surface area (Å²) in [7, 11) is 0. The summed E-state index contributed by atoms with van der Waals surface area (Å²) in [6.45, 7) is 3.16. The maximum Gasteiger partial charge on any atom is 0.228 e. The summed E-state index contributed by atoms with van der Waals surface area (Å²) in [6.07, 6.45) is 3.86. The maximum atomic E-state index is 11.0. The number of rotatable bonds is 2. The molecular formula is C10H18N2O3. The van der Waals surface area contributed by atoms with Crippen molar-refractivity contribution in [3.8, 4) is 0 Å². The summed E-state index contributed by atoms with van der Waals surface area (Å²) in [4.78, 5) is 13.1. The highest BCUT2D eigenvalue weighted by Gasteiger charge is 2.38. The molecule has 0 N–H and O–H groups in total. The van der Waals surface area contributed by atoms with E-state index in [9.17, 15) is 10.1 Å². The molecule has 1 saturated heterocycles. The monoisotopic (exact) mass is 214 g/mol. The maximum absolute atomic E-state index is 11.0. The number of hydrogen-bond donors (Lipinski definition) is 0. The van der Waals surface area contributed by atoms with Crippen LogP contribution in [0.1, 0.15) is 25.7 Å². The van der Waals surface area contributed by atoms with Gasteiger partial charge >= 0.3 is 0 Å². The molecule has 1 aliphatic heterocycles. The van der Waals surface area contributed by atoms with Gasteiger partial charge < -0.3 is 4.74 Å². The topological polar surface area (TPSA) is 55.6 Å². The van der Waals surface area contributed by atoms with Crippen molar-refractivity contribution in [3.63, 3.8) is 0 Å². The first-order chi connectivity index (χ1) is 7.29. The second-order valence-corrected chi connectivity index (χ2v) is 4.35. The molecule has 86 valence electrons. The van der Waals surface area contributed by atoms with Crippen LogP contribution in [0.3, 0.4) is 0 Å².